The summed E-state index contributed by atoms with van der Waals surface area (Å²) in [6.07, 6.45) is 15.9. The number of unbranched alkanes of at least 4 members (excludes halogenated alkanes) is 10. The molecule has 1 N–H and O–H groups in total. The summed E-state index contributed by atoms with van der Waals surface area (Å²) in [7, 11) is 0. The first-order chi connectivity index (χ1) is 10.7. The number of nitrogens with zero attached hydrogens (tertiary/aromatic N) is 1. The van der Waals surface area contributed by atoms with Crippen molar-refractivity contribution in [3.63, 3.8) is 0 Å². The highest BCUT2D eigenvalue weighted by molar-refractivity contribution is 7.09. The molecule has 1 heterocycles. The van der Waals surface area contributed by atoms with Gasteiger partial charge in [0.25, 0.3) is 0 Å². The van der Waals surface area contributed by atoms with Gasteiger partial charge >= 0.3 is 5.97 Å². The van der Waals surface area contributed by atoms with Crippen molar-refractivity contribution >= 4 is 17.3 Å². The van der Waals surface area contributed by atoms with Crippen LogP contribution in [0.3, 0.4) is 0 Å². The van der Waals surface area contributed by atoms with Crippen LogP contribution in [0.4, 0.5) is 0 Å². The smallest absolute Gasteiger partial charge is 0.309 e. The van der Waals surface area contributed by atoms with Crippen LogP contribution in [0.15, 0.2) is 5.38 Å². The van der Waals surface area contributed by atoms with E-state index in [0.717, 1.165) is 11.4 Å². The lowest BCUT2D eigenvalue weighted by molar-refractivity contribution is -0.136. The maximum absolute atomic E-state index is 10.6. The van der Waals surface area contributed by atoms with Gasteiger partial charge in [-0.2, -0.15) is 0 Å². The Morgan fingerprint density at radius 3 is 2.09 bits per heavy atom. The molecule has 22 heavy (non-hydrogen) atoms. The molecular formula is C18H31NO2S. The van der Waals surface area contributed by atoms with Crippen molar-refractivity contribution in [1.82, 2.24) is 4.98 Å². The first kappa shape index (κ1) is 19.1. The molecule has 0 saturated carbocycles. The van der Waals surface area contributed by atoms with Gasteiger partial charge in [0.15, 0.2) is 0 Å². The molecule has 4 heteroatoms. The van der Waals surface area contributed by atoms with Crippen LogP contribution in [0.1, 0.15) is 88.3 Å². The van der Waals surface area contributed by atoms with E-state index in [1.54, 1.807) is 11.3 Å². The van der Waals surface area contributed by atoms with E-state index in [-0.39, 0.29) is 6.42 Å². The third-order valence-electron chi connectivity index (χ3n) is 3.93. The number of rotatable bonds is 14. The zero-order valence-electron chi connectivity index (χ0n) is 14.0. The third-order valence-corrected chi connectivity index (χ3v) is 4.88. The first-order valence-corrected chi connectivity index (χ1v) is 9.75. The second kappa shape index (κ2) is 12.6. The molecule has 0 aliphatic heterocycles. The largest absolute Gasteiger partial charge is 0.481 e. The third kappa shape index (κ3) is 9.93. The van der Waals surface area contributed by atoms with E-state index in [2.05, 4.69) is 11.9 Å². The predicted octanol–water partition coefficient (Wildman–Crippen LogP) is 5.62. The quantitative estimate of drug-likeness (QED) is 0.451. The molecule has 126 valence electrons. The molecule has 0 unspecified atom stereocenters. The molecule has 0 saturated heterocycles. The fourth-order valence-electron chi connectivity index (χ4n) is 2.64. The van der Waals surface area contributed by atoms with Crippen molar-refractivity contribution < 1.29 is 9.90 Å². The number of carbonyl (C=O) groups is 1. The summed E-state index contributed by atoms with van der Waals surface area (Å²) in [6, 6.07) is 0. The number of carboxylic acids is 1. The van der Waals surface area contributed by atoms with E-state index in [1.807, 2.05) is 5.38 Å². The SMILES string of the molecule is CCCCCCCCCCCCCc1nc(CC(=O)O)cs1. The number of aromatic nitrogens is 1. The maximum Gasteiger partial charge on any atom is 0.309 e. The van der Waals surface area contributed by atoms with Crippen LogP contribution in [0.25, 0.3) is 0 Å². The van der Waals surface area contributed by atoms with Crippen LogP contribution < -0.4 is 0 Å². The van der Waals surface area contributed by atoms with E-state index in [9.17, 15) is 4.79 Å². The number of aliphatic carboxylic acids is 1. The van der Waals surface area contributed by atoms with Crippen LogP contribution in [-0.2, 0) is 17.6 Å². The molecule has 1 aromatic rings. The van der Waals surface area contributed by atoms with Gasteiger partial charge < -0.3 is 5.11 Å². The van der Waals surface area contributed by atoms with Gasteiger partial charge in [0, 0.05) is 5.38 Å². The fourth-order valence-corrected chi connectivity index (χ4v) is 3.48. The summed E-state index contributed by atoms with van der Waals surface area (Å²) in [4.78, 5) is 15.0. The number of carboxylic acid groups (broad SMARTS) is 1. The Balaban J connectivity index is 1.91. The van der Waals surface area contributed by atoms with Gasteiger partial charge in [-0.15, -0.1) is 11.3 Å². The number of hydrogen-bond acceptors (Lipinski definition) is 3. The molecule has 0 aliphatic carbocycles. The van der Waals surface area contributed by atoms with Gasteiger partial charge in [0.05, 0.1) is 17.1 Å². The molecule has 1 rings (SSSR count). The first-order valence-electron chi connectivity index (χ1n) is 8.87. The average Bonchev–Trinajstić information content (AvgIpc) is 2.91. The van der Waals surface area contributed by atoms with E-state index in [4.69, 9.17) is 5.11 Å². The van der Waals surface area contributed by atoms with Gasteiger partial charge in [-0.1, -0.05) is 71.1 Å². The molecule has 0 atom stereocenters. The monoisotopic (exact) mass is 325 g/mol. The molecule has 0 fully saturated rings. The highest BCUT2D eigenvalue weighted by Gasteiger charge is 2.05. The summed E-state index contributed by atoms with van der Waals surface area (Å²) in [5, 5.41) is 11.7. The zero-order chi connectivity index (χ0) is 16.0. The van der Waals surface area contributed by atoms with Crippen LogP contribution in [0.5, 0.6) is 0 Å². The summed E-state index contributed by atoms with van der Waals surface area (Å²) < 4.78 is 0. The second-order valence-electron chi connectivity index (χ2n) is 6.09. The minimum absolute atomic E-state index is 0.0504. The van der Waals surface area contributed by atoms with Crippen molar-refractivity contribution in [2.24, 2.45) is 0 Å². The normalized spacial score (nSPS) is 11.0. The average molecular weight is 326 g/mol. The van der Waals surface area contributed by atoms with E-state index in [0.29, 0.717) is 5.69 Å². The maximum atomic E-state index is 10.6. The standard InChI is InChI=1S/C18H31NO2S/c1-2-3-4-5-6-7-8-9-10-11-12-13-17-19-16(15-22-17)14-18(20)21/h15H,2-14H2,1H3,(H,20,21). The molecule has 0 amide bonds. The highest BCUT2D eigenvalue weighted by atomic mass is 32.1. The highest BCUT2D eigenvalue weighted by Crippen LogP contribution is 2.15. The van der Waals surface area contributed by atoms with E-state index < -0.39 is 5.97 Å². The Kier molecular flexibility index (Phi) is 11.0. The number of aryl methyl sites for hydroxylation is 1. The summed E-state index contributed by atoms with van der Waals surface area (Å²) >= 11 is 1.60. The minimum atomic E-state index is -0.799. The van der Waals surface area contributed by atoms with Gasteiger partial charge in [-0.05, 0) is 12.8 Å². The van der Waals surface area contributed by atoms with Crippen LogP contribution in [-0.4, -0.2) is 16.1 Å². The Morgan fingerprint density at radius 2 is 1.55 bits per heavy atom. The van der Waals surface area contributed by atoms with E-state index in [1.165, 1.54) is 70.6 Å². The molecular weight excluding hydrogens is 294 g/mol. The Hall–Kier alpha value is -0.900. The van der Waals surface area contributed by atoms with Crippen LogP contribution in [0, 0.1) is 0 Å². The molecule has 0 aliphatic rings. The van der Waals surface area contributed by atoms with Crippen LogP contribution >= 0.6 is 11.3 Å². The lowest BCUT2D eigenvalue weighted by Crippen LogP contribution is -2.00. The molecule has 1 aromatic heterocycles. The topological polar surface area (TPSA) is 50.2 Å². The van der Waals surface area contributed by atoms with Crippen LogP contribution in [0.2, 0.25) is 0 Å². The van der Waals surface area contributed by atoms with Crippen molar-refractivity contribution in [3.05, 3.63) is 16.1 Å². The number of thiazole rings is 1. The molecule has 0 spiro atoms. The summed E-state index contributed by atoms with van der Waals surface area (Å²) in [5.74, 6) is -0.799. The van der Waals surface area contributed by atoms with Crippen molar-refractivity contribution in [3.8, 4) is 0 Å². The van der Waals surface area contributed by atoms with Gasteiger partial charge in [-0.3, -0.25) is 4.79 Å². The van der Waals surface area contributed by atoms with Gasteiger partial charge in [-0.25, -0.2) is 4.98 Å². The zero-order valence-corrected chi connectivity index (χ0v) is 14.8. The van der Waals surface area contributed by atoms with Crippen molar-refractivity contribution in [1.29, 1.82) is 0 Å². The Morgan fingerprint density at radius 1 is 1.00 bits per heavy atom. The minimum Gasteiger partial charge on any atom is -0.481 e. The Bertz CT molecular complexity index is 404. The van der Waals surface area contributed by atoms with E-state index >= 15 is 0 Å². The summed E-state index contributed by atoms with van der Waals surface area (Å²) in [5.41, 5.74) is 0.704. The predicted molar refractivity (Wildman–Crippen MR) is 93.6 cm³/mol. The fraction of sp³-hybridized carbons (Fsp3) is 0.778. The summed E-state index contributed by atoms with van der Waals surface area (Å²) in [6.45, 7) is 2.26. The molecule has 0 bridgehead atoms. The van der Waals surface area contributed by atoms with Crippen molar-refractivity contribution in [2.45, 2.75) is 90.4 Å². The molecule has 3 nitrogen and oxygen atoms in total. The van der Waals surface area contributed by atoms with Gasteiger partial charge in [0.1, 0.15) is 0 Å². The van der Waals surface area contributed by atoms with Crippen molar-refractivity contribution in [2.75, 3.05) is 0 Å². The number of hydrogen-bond donors (Lipinski definition) is 1. The molecule has 0 aromatic carbocycles. The molecule has 0 radical (unpaired) electrons. The lowest BCUT2D eigenvalue weighted by Gasteiger charge is -2.02. The Labute approximate surface area is 139 Å². The lowest BCUT2D eigenvalue weighted by atomic mass is 10.1. The van der Waals surface area contributed by atoms with Gasteiger partial charge in [0.2, 0.25) is 0 Å². The second-order valence-corrected chi connectivity index (χ2v) is 7.03.